The van der Waals surface area contributed by atoms with Crippen molar-refractivity contribution in [2.45, 2.75) is 13.8 Å². The van der Waals surface area contributed by atoms with Crippen LogP contribution in [0.5, 0.6) is 0 Å². The highest BCUT2D eigenvalue weighted by molar-refractivity contribution is 5.93. The number of hydrogen-bond donors (Lipinski definition) is 0. The fraction of sp³-hybridized carbons (Fsp3) is 0.176. The summed E-state index contributed by atoms with van der Waals surface area (Å²) in [6.45, 7) is 3.87. The SMILES string of the molecule is Cc1cc(-c2nc(-c3cnc4cnccn34)no2)c2c(C)nn(C)c2n1. The van der Waals surface area contributed by atoms with Crippen LogP contribution in [0, 0.1) is 13.8 Å². The Kier molecular flexibility index (Phi) is 2.93. The molecule has 0 radical (unpaired) electrons. The van der Waals surface area contributed by atoms with Crippen LogP contribution in [-0.4, -0.2) is 39.3 Å². The van der Waals surface area contributed by atoms with Crippen LogP contribution in [0.15, 0.2) is 35.4 Å². The number of rotatable bonds is 2. The molecule has 0 atom stereocenters. The van der Waals surface area contributed by atoms with Gasteiger partial charge in [-0.1, -0.05) is 5.16 Å². The first-order valence-electron chi connectivity index (χ1n) is 8.04. The van der Waals surface area contributed by atoms with Gasteiger partial charge in [0.1, 0.15) is 5.69 Å². The second kappa shape index (κ2) is 5.19. The van der Waals surface area contributed by atoms with Crippen molar-refractivity contribution in [2.24, 2.45) is 7.05 Å². The topological polar surface area (TPSA) is 99.8 Å². The lowest BCUT2D eigenvalue weighted by Gasteiger charge is -2.01. The summed E-state index contributed by atoms with van der Waals surface area (Å²) in [6.07, 6.45) is 6.88. The molecular weight excluding hydrogens is 332 g/mol. The monoisotopic (exact) mass is 346 g/mol. The molecular formula is C17H14N8O. The Morgan fingerprint density at radius 2 is 2.00 bits per heavy atom. The number of fused-ring (bicyclic) bond motifs is 2. The molecule has 0 aliphatic rings. The fourth-order valence-electron chi connectivity index (χ4n) is 3.18. The number of aryl methyl sites for hydroxylation is 3. The van der Waals surface area contributed by atoms with Gasteiger partial charge in [0.2, 0.25) is 5.82 Å². The van der Waals surface area contributed by atoms with Gasteiger partial charge in [-0.3, -0.25) is 14.1 Å². The van der Waals surface area contributed by atoms with Gasteiger partial charge in [0, 0.05) is 25.1 Å². The van der Waals surface area contributed by atoms with Crippen LogP contribution in [-0.2, 0) is 7.05 Å². The highest BCUT2D eigenvalue weighted by Gasteiger charge is 2.20. The van der Waals surface area contributed by atoms with Crippen molar-refractivity contribution in [1.82, 2.24) is 39.3 Å². The maximum absolute atomic E-state index is 5.57. The molecule has 5 heterocycles. The molecule has 0 saturated carbocycles. The lowest BCUT2D eigenvalue weighted by atomic mass is 10.1. The molecule has 0 aromatic carbocycles. The highest BCUT2D eigenvalue weighted by atomic mass is 16.5. The Labute approximate surface area is 147 Å². The van der Waals surface area contributed by atoms with Crippen LogP contribution in [0.4, 0.5) is 0 Å². The van der Waals surface area contributed by atoms with Crippen molar-refractivity contribution < 1.29 is 4.52 Å². The van der Waals surface area contributed by atoms with Gasteiger partial charge in [0.05, 0.1) is 29.0 Å². The molecule has 5 rings (SSSR count). The van der Waals surface area contributed by atoms with E-state index in [-0.39, 0.29) is 0 Å². The van der Waals surface area contributed by atoms with Crippen LogP contribution in [0.3, 0.4) is 0 Å². The Morgan fingerprint density at radius 3 is 2.88 bits per heavy atom. The van der Waals surface area contributed by atoms with E-state index in [1.807, 2.05) is 37.6 Å². The summed E-state index contributed by atoms with van der Waals surface area (Å²) in [5.41, 5.74) is 4.80. The van der Waals surface area contributed by atoms with E-state index in [2.05, 4.69) is 30.2 Å². The van der Waals surface area contributed by atoms with Gasteiger partial charge in [-0.25, -0.2) is 9.97 Å². The summed E-state index contributed by atoms with van der Waals surface area (Å²) < 4.78 is 9.19. The van der Waals surface area contributed by atoms with E-state index in [1.54, 1.807) is 23.3 Å². The molecule has 9 nitrogen and oxygen atoms in total. The largest absolute Gasteiger partial charge is 0.334 e. The molecule has 0 bridgehead atoms. The second-order valence-electron chi connectivity index (χ2n) is 6.09. The first kappa shape index (κ1) is 14.7. The Morgan fingerprint density at radius 1 is 1.12 bits per heavy atom. The quantitative estimate of drug-likeness (QED) is 0.483. The predicted molar refractivity (Wildman–Crippen MR) is 93.3 cm³/mol. The van der Waals surface area contributed by atoms with E-state index in [1.165, 1.54) is 0 Å². The van der Waals surface area contributed by atoms with Gasteiger partial charge < -0.3 is 4.52 Å². The zero-order valence-electron chi connectivity index (χ0n) is 14.4. The molecule has 0 aliphatic heterocycles. The predicted octanol–water partition coefficient (Wildman–Crippen LogP) is 2.34. The van der Waals surface area contributed by atoms with Crippen LogP contribution < -0.4 is 0 Å². The van der Waals surface area contributed by atoms with E-state index in [0.29, 0.717) is 11.7 Å². The van der Waals surface area contributed by atoms with Gasteiger partial charge in [-0.05, 0) is 19.9 Å². The average molecular weight is 346 g/mol. The maximum Gasteiger partial charge on any atom is 0.259 e. The van der Waals surface area contributed by atoms with Crippen LogP contribution in [0.2, 0.25) is 0 Å². The molecule has 5 aromatic rings. The van der Waals surface area contributed by atoms with Gasteiger partial charge in [-0.15, -0.1) is 0 Å². The Bertz CT molecular complexity index is 1280. The molecule has 128 valence electrons. The lowest BCUT2D eigenvalue weighted by Crippen LogP contribution is -1.94. The summed E-state index contributed by atoms with van der Waals surface area (Å²) in [4.78, 5) is 17.5. The summed E-state index contributed by atoms with van der Waals surface area (Å²) >= 11 is 0. The van der Waals surface area contributed by atoms with Crippen molar-refractivity contribution in [1.29, 1.82) is 0 Å². The summed E-state index contributed by atoms with van der Waals surface area (Å²) in [5.74, 6) is 0.887. The van der Waals surface area contributed by atoms with E-state index in [0.717, 1.165) is 39.3 Å². The Hall–Kier alpha value is -3.62. The van der Waals surface area contributed by atoms with E-state index >= 15 is 0 Å². The van der Waals surface area contributed by atoms with Gasteiger partial charge in [-0.2, -0.15) is 10.1 Å². The van der Waals surface area contributed by atoms with Gasteiger partial charge in [0.15, 0.2) is 11.3 Å². The first-order chi connectivity index (χ1) is 12.6. The second-order valence-corrected chi connectivity index (χ2v) is 6.09. The summed E-state index contributed by atoms with van der Waals surface area (Å²) in [6, 6.07) is 1.94. The molecule has 0 spiro atoms. The molecule has 5 aromatic heterocycles. The Balaban J connectivity index is 1.71. The third-order valence-electron chi connectivity index (χ3n) is 4.30. The molecule has 0 N–H and O–H groups in total. The van der Waals surface area contributed by atoms with E-state index < -0.39 is 0 Å². The van der Waals surface area contributed by atoms with Crippen molar-refractivity contribution in [2.75, 3.05) is 0 Å². The summed E-state index contributed by atoms with van der Waals surface area (Å²) in [5, 5.41) is 9.51. The molecule has 0 fully saturated rings. The highest BCUT2D eigenvalue weighted by Crippen LogP contribution is 2.31. The maximum atomic E-state index is 5.57. The normalized spacial score (nSPS) is 11.7. The zero-order chi connectivity index (χ0) is 17.8. The first-order valence-corrected chi connectivity index (χ1v) is 8.04. The average Bonchev–Trinajstić information content (AvgIpc) is 3.32. The number of nitrogens with zero attached hydrogens (tertiary/aromatic N) is 8. The zero-order valence-corrected chi connectivity index (χ0v) is 14.4. The minimum Gasteiger partial charge on any atom is -0.334 e. The fourth-order valence-corrected chi connectivity index (χ4v) is 3.18. The van der Waals surface area contributed by atoms with Crippen molar-refractivity contribution in [3.05, 3.63) is 42.2 Å². The minimum atomic E-state index is 0.426. The van der Waals surface area contributed by atoms with E-state index in [4.69, 9.17) is 4.52 Å². The molecule has 0 saturated heterocycles. The van der Waals surface area contributed by atoms with Crippen molar-refractivity contribution in [3.63, 3.8) is 0 Å². The third kappa shape index (κ3) is 2.03. The molecule has 26 heavy (non-hydrogen) atoms. The number of pyridine rings is 1. The van der Waals surface area contributed by atoms with Crippen LogP contribution >= 0.6 is 0 Å². The number of imidazole rings is 1. The lowest BCUT2D eigenvalue weighted by molar-refractivity contribution is 0.432. The van der Waals surface area contributed by atoms with Crippen molar-refractivity contribution in [3.8, 4) is 23.0 Å². The van der Waals surface area contributed by atoms with Crippen LogP contribution in [0.25, 0.3) is 39.7 Å². The summed E-state index contributed by atoms with van der Waals surface area (Å²) in [7, 11) is 1.87. The number of aromatic nitrogens is 8. The standard InChI is InChI=1S/C17H14N8O/c1-9-6-11(14-10(2)22-24(3)16(14)20-9)17-21-15(23-26-17)12-7-19-13-8-18-4-5-25(12)13/h4-8H,1-3H3. The molecule has 0 amide bonds. The smallest absolute Gasteiger partial charge is 0.259 e. The number of hydrogen-bond acceptors (Lipinski definition) is 7. The van der Waals surface area contributed by atoms with Gasteiger partial charge in [0.25, 0.3) is 5.89 Å². The third-order valence-corrected chi connectivity index (χ3v) is 4.30. The van der Waals surface area contributed by atoms with Crippen LogP contribution in [0.1, 0.15) is 11.4 Å². The molecule has 0 unspecified atom stereocenters. The van der Waals surface area contributed by atoms with Crippen molar-refractivity contribution >= 4 is 16.7 Å². The molecule has 9 heteroatoms. The minimum absolute atomic E-state index is 0.426. The molecule has 0 aliphatic carbocycles. The van der Waals surface area contributed by atoms with E-state index in [9.17, 15) is 0 Å². The van der Waals surface area contributed by atoms with Gasteiger partial charge >= 0.3 is 0 Å².